The monoisotopic (exact) mass is 495 g/mol. The van der Waals surface area contributed by atoms with Gasteiger partial charge in [0, 0.05) is 16.0 Å². The van der Waals surface area contributed by atoms with Gasteiger partial charge in [-0.3, -0.25) is 9.59 Å². The molecule has 34 heavy (non-hydrogen) atoms. The first-order chi connectivity index (χ1) is 16.0. The lowest BCUT2D eigenvalue weighted by Gasteiger charge is -2.24. The van der Waals surface area contributed by atoms with Crippen LogP contribution in [0.1, 0.15) is 44.5 Å². The van der Waals surface area contributed by atoms with E-state index in [0.29, 0.717) is 32.9 Å². The van der Waals surface area contributed by atoms with E-state index in [1.165, 1.54) is 49.4 Å². The van der Waals surface area contributed by atoms with Crippen LogP contribution in [0.15, 0.2) is 70.0 Å². The molecule has 0 atom stereocenters. The molecule has 0 aliphatic rings. The highest BCUT2D eigenvalue weighted by Gasteiger charge is 2.34. The van der Waals surface area contributed by atoms with Crippen molar-refractivity contribution in [1.82, 2.24) is 0 Å². The number of ketones is 1. The van der Waals surface area contributed by atoms with Gasteiger partial charge in [0.1, 0.15) is 11.3 Å². The second-order valence-electron chi connectivity index (χ2n) is 8.12. The van der Waals surface area contributed by atoms with Crippen LogP contribution in [0, 0.1) is 20.8 Å². The molecule has 0 aliphatic heterocycles. The van der Waals surface area contributed by atoms with Crippen molar-refractivity contribution in [3.63, 3.8) is 0 Å². The molecule has 0 saturated carbocycles. The number of amides is 1. The Morgan fingerprint density at radius 2 is 1.59 bits per heavy atom. The van der Waals surface area contributed by atoms with Crippen molar-refractivity contribution in [2.24, 2.45) is 0 Å². The summed E-state index contributed by atoms with van der Waals surface area (Å²) in [7, 11) is -4.32. The Morgan fingerprint density at radius 1 is 0.912 bits per heavy atom. The fourth-order valence-corrected chi connectivity index (χ4v) is 5.78. The van der Waals surface area contributed by atoms with E-state index in [1.54, 1.807) is 39.0 Å². The minimum Gasteiger partial charge on any atom is -0.461 e. The van der Waals surface area contributed by atoms with Crippen molar-refractivity contribution in [3.8, 4) is 0 Å². The second kappa shape index (κ2) is 8.74. The van der Waals surface area contributed by atoms with Crippen molar-refractivity contribution < 1.29 is 22.4 Å². The Morgan fingerprint density at radius 3 is 2.24 bits per heavy atom. The Bertz CT molecular complexity index is 1550. The molecule has 174 valence electrons. The van der Waals surface area contributed by atoms with Gasteiger partial charge in [-0.1, -0.05) is 23.7 Å². The lowest BCUT2D eigenvalue weighted by atomic mass is 10.1. The van der Waals surface area contributed by atoms with Crippen LogP contribution in [-0.2, 0) is 10.0 Å². The molecule has 6 nitrogen and oxygen atoms in total. The molecule has 0 fully saturated rings. The number of sulfonamides is 1. The van der Waals surface area contributed by atoms with Gasteiger partial charge in [-0.15, -0.1) is 0 Å². The quantitative estimate of drug-likeness (QED) is 0.305. The zero-order valence-corrected chi connectivity index (χ0v) is 20.6. The summed E-state index contributed by atoms with van der Waals surface area (Å²) < 4.78 is 34.3. The summed E-state index contributed by atoms with van der Waals surface area (Å²) in [6.45, 7) is 6.53. The first-order valence-electron chi connectivity index (χ1n) is 10.5. The molecular weight excluding hydrogens is 474 g/mol. The van der Waals surface area contributed by atoms with Gasteiger partial charge >= 0.3 is 0 Å². The third kappa shape index (κ3) is 4.13. The number of aryl methyl sites for hydroxylation is 3. The first kappa shape index (κ1) is 23.7. The highest BCUT2D eigenvalue weighted by molar-refractivity contribution is 7.93. The van der Waals surface area contributed by atoms with E-state index in [2.05, 4.69) is 0 Å². The van der Waals surface area contributed by atoms with E-state index >= 15 is 0 Å². The molecule has 0 saturated heterocycles. The van der Waals surface area contributed by atoms with Crippen molar-refractivity contribution >= 4 is 50.0 Å². The number of hydrogen-bond acceptors (Lipinski definition) is 5. The largest absolute Gasteiger partial charge is 0.461 e. The average molecular weight is 496 g/mol. The molecule has 0 N–H and O–H groups in total. The Kier molecular flexibility index (Phi) is 6.10. The van der Waals surface area contributed by atoms with Crippen LogP contribution >= 0.6 is 11.6 Å². The molecular formula is C26H22ClNO5S. The van der Waals surface area contributed by atoms with E-state index in [-0.39, 0.29) is 21.9 Å². The lowest BCUT2D eigenvalue weighted by molar-refractivity contribution is 0.1000. The highest BCUT2D eigenvalue weighted by atomic mass is 35.5. The number of hydrogen-bond donors (Lipinski definition) is 0. The van der Waals surface area contributed by atoms with Crippen LogP contribution in [0.2, 0.25) is 5.02 Å². The van der Waals surface area contributed by atoms with Crippen LogP contribution in [0.5, 0.6) is 0 Å². The summed E-state index contributed by atoms with van der Waals surface area (Å²) in [5.74, 6) is -0.546. The number of nitrogens with zero attached hydrogens (tertiary/aromatic N) is 1. The topological polar surface area (TPSA) is 84.7 Å². The van der Waals surface area contributed by atoms with Gasteiger partial charge in [-0.25, -0.2) is 8.42 Å². The standard InChI is InChI=1S/C26H22ClNO5S/c1-15-5-6-16(2)24(13-15)34(31,32)28(26(30)19-7-9-20(27)10-8-19)21-11-12-23-22(14-21)25(17(3)29)18(4)33-23/h5-14H,1-4H3. The van der Waals surface area contributed by atoms with Crippen LogP contribution in [0.25, 0.3) is 11.0 Å². The Hall–Kier alpha value is -3.42. The minimum atomic E-state index is -4.32. The number of anilines is 1. The van der Waals surface area contributed by atoms with Gasteiger partial charge in [-0.2, -0.15) is 4.31 Å². The smallest absolute Gasteiger partial charge is 0.272 e. The maximum absolute atomic E-state index is 13.9. The molecule has 8 heteroatoms. The number of carbonyl (C=O) groups is 2. The van der Waals surface area contributed by atoms with E-state index in [0.717, 1.165) is 9.87 Å². The van der Waals surface area contributed by atoms with E-state index in [1.807, 2.05) is 0 Å². The summed E-state index contributed by atoms with van der Waals surface area (Å²) in [4.78, 5) is 25.9. The number of carbonyl (C=O) groups excluding carboxylic acids is 2. The minimum absolute atomic E-state index is 0.0186. The third-order valence-corrected chi connectivity index (χ3v) is 7.68. The van der Waals surface area contributed by atoms with Gasteiger partial charge in [0.15, 0.2) is 5.78 Å². The summed E-state index contributed by atoms with van der Waals surface area (Å²) in [6.07, 6.45) is 0. The predicted molar refractivity (Wildman–Crippen MR) is 132 cm³/mol. The maximum Gasteiger partial charge on any atom is 0.272 e. The Balaban J connectivity index is 1.99. The van der Waals surface area contributed by atoms with Crippen LogP contribution in [0.3, 0.4) is 0 Å². The molecule has 4 aromatic rings. The second-order valence-corrected chi connectivity index (χ2v) is 10.3. The number of furan rings is 1. The van der Waals surface area contributed by atoms with Gasteiger partial charge < -0.3 is 4.42 Å². The number of halogens is 1. The van der Waals surface area contributed by atoms with E-state index in [9.17, 15) is 18.0 Å². The molecule has 0 radical (unpaired) electrons. The molecule has 1 heterocycles. The SMILES string of the molecule is CC(=O)c1c(C)oc2ccc(N(C(=O)c3ccc(Cl)cc3)S(=O)(=O)c3cc(C)ccc3C)cc12. The molecule has 0 aliphatic carbocycles. The van der Waals surface area contributed by atoms with E-state index < -0.39 is 15.9 Å². The summed E-state index contributed by atoms with van der Waals surface area (Å²) in [5.41, 5.74) is 2.26. The van der Waals surface area contributed by atoms with Gasteiger partial charge in [0.2, 0.25) is 0 Å². The summed E-state index contributed by atoms with van der Waals surface area (Å²) >= 11 is 5.97. The number of benzene rings is 3. The van der Waals surface area contributed by atoms with Crippen molar-refractivity contribution in [1.29, 1.82) is 0 Å². The molecule has 4 rings (SSSR count). The first-order valence-corrected chi connectivity index (χ1v) is 12.3. The zero-order chi connectivity index (χ0) is 24.8. The fourth-order valence-electron chi connectivity index (χ4n) is 3.93. The van der Waals surface area contributed by atoms with Crippen molar-refractivity contribution in [2.75, 3.05) is 4.31 Å². The normalized spacial score (nSPS) is 11.6. The molecule has 0 unspecified atom stereocenters. The maximum atomic E-state index is 13.9. The molecule has 1 aromatic heterocycles. The summed E-state index contributed by atoms with van der Waals surface area (Å²) in [6, 6.07) is 15.6. The number of Topliss-reactive ketones (excluding diaryl/α,β-unsaturated/α-hetero) is 1. The van der Waals surface area contributed by atoms with Crippen molar-refractivity contribution in [2.45, 2.75) is 32.6 Å². The zero-order valence-electron chi connectivity index (χ0n) is 19.0. The van der Waals surface area contributed by atoms with Crippen LogP contribution in [-0.4, -0.2) is 20.1 Å². The fraction of sp³-hybridized carbons (Fsp3) is 0.154. The molecule has 0 spiro atoms. The predicted octanol–water partition coefficient (Wildman–Crippen LogP) is 6.25. The number of rotatable bonds is 5. The molecule has 3 aromatic carbocycles. The van der Waals surface area contributed by atoms with Gasteiger partial charge in [0.25, 0.3) is 15.9 Å². The van der Waals surface area contributed by atoms with E-state index in [4.69, 9.17) is 16.0 Å². The highest BCUT2D eigenvalue weighted by Crippen LogP contribution is 2.34. The lowest BCUT2D eigenvalue weighted by Crippen LogP contribution is -2.37. The van der Waals surface area contributed by atoms with Crippen LogP contribution in [0.4, 0.5) is 5.69 Å². The third-order valence-electron chi connectivity index (χ3n) is 5.57. The average Bonchev–Trinajstić information content (AvgIpc) is 3.11. The summed E-state index contributed by atoms with van der Waals surface area (Å²) in [5, 5.41) is 0.856. The number of fused-ring (bicyclic) bond motifs is 1. The Labute approximate surface area is 202 Å². The molecule has 1 amide bonds. The van der Waals surface area contributed by atoms with Crippen LogP contribution < -0.4 is 4.31 Å². The van der Waals surface area contributed by atoms with Crippen molar-refractivity contribution in [3.05, 3.63) is 93.7 Å². The van der Waals surface area contributed by atoms with Gasteiger partial charge in [-0.05, 0) is 87.4 Å². The van der Waals surface area contributed by atoms with Gasteiger partial charge in [0.05, 0.1) is 16.1 Å². The molecule has 0 bridgehead atoms.